The van der Waals surface area contributed by atoms with E-state index in [-0.39, 0.29) is 29.8 Å². The fraction of sp³-hybridized carbons (Fsp3) is 0.176. The molecule has 0 N–H and O–H groups in total. The monoisotopic (exact) mass is 347 g/mol. The predicted molar refractivity (Wildman–Crippen MR) is 86.9 cm³/mol. The summed E-state index contributed by atoms with van der Waals surface area (Å²) in [5.41, 5.74) is 0.646. The molecule has 3 rings (SSSR count). The van der Waals surface area contributed by atoms with Crippen LogP contribution in [-0.2, 0) is 20.1 Å². The van der Waals surface area contributed by atoms with Crippen molar-refractivity contribution in [3.05, 3.63) is 77.0 Å². The van der Waals surface area contributed by atoms with Gasteiger partial charge in [0.25, 0.3) is 5.91 Å². The number of halogens is 2. The van der Waals surface area contributed by atoms with Gasteiger partial charge in [0.05, 0.1) is 12.8 Å². The van der Waals surface area contributed by atoms with E-state index in [9.17, 15) is 9.18 Å². The molecule has 124 valence electrons. The van der Waals surface area contributed by atoms with Crippen LogP contribution in [0.4, 0.5) is 4.39 Å². The number of hydrogen-bond acceptors (Lipinski definition) is 3. The molecule has 0 saturated heterocycles. The summed E-state index contributed by atoms with van der Waals surface area (Å²) in [7, 11) is 1.85. The zero-order chi connectivity index (χ0) is 17.1. The molecule has 0 unspecified atom stereocenters. The van der Waals surface area contributed by atoms with Gasteiger partial charge in [-0.3, -0.25) is 4.79 Å². The summed E-state index contributed by atoms with van der Waals surface area (Å²) < 4.78 is 20.3. The number of imidazole rings is 1. The standard InChI is InChI=1S/C17H15ClFN3O2/c1-21-7-6-20-16(21)11-22(17(23)15-3-2-8-24-15)10-12-4-5-13(19)9-14(12)18/h2-9H,10-11H2,1H3. The fourth-order valence-corrected chi connectivity index (χ4v) is 2.56. The zero-order valence-corrected chi connectivity index (χ0v) is 13.7. The lowest BCUT2D eigenvalue weighted by molar-refractivity contribution is 0.0691. The van der Waals surface area contributed by atoms with Crippen LogP contribution in [0.25, 0.3) is 0 Å². The van der Waals surface area contributed by atoms with Gasteiger partial charge in [0, 0.05) is 31.0 Å². The second-order valence-electron chi connectivity index (χ2n) is 5.33. The molecule has 2 heterocycles. The number of rotatable bonds is 5. The number of nitrogens with zero attached hydrogens (tertiary/aromatic N) is 3. The Morgan fingerprint density at radius 2 is 2.21 bits per heavy atom. The van der Waals surface area contributed by atoms with E-state index < -0.39 is 5.82 Å². The Labute approximate surface area is 143 Å². The van der Waals surface area contributed by atoms with E-state index in [4.69, 9.17) is 16.0 Å². The first-order chi connectivity index (χ1) is 11.5. The summed E-state index contributed by atoms with van der Waals surface area (Å²) in [4.78, 5) is 18.5. The number of carbonyl (C=O) groups excluding carboxylic acids is 1. The van der Waals surface area contributed by atoms with Crippen molar-refractivity contribution in [1.82, 2.24) is 14.5 Å². The molecule has 7 heteroatoms. The Hall–Kier alpha value is -2.60. The number of carbonyl (C=O) groups is 1. The highest BCUT2D eigenvalue weighted by Crippen LogP contribution is 2.21. The van der Waals surface area contributed by atoms with Crippen LogP contribution in [0, 0.1) is 5.82 Å². The SMILES string of the molecule is Cn1ccnc1CN(Cc1ccc(F)cc1Cl)C(=O)c1ccco1. The van der Waals surface area contributed by atoms with Crippen LogP contribution in [0.3, 0.4) is 0 Å². The molecule has 0 aliphatic rings. The first-order valence-corrected chi connectivity index (χ1v) is 7.65. The van der Waals surface area contributed by atoms with Gasteiger partial charge in [-0.05, 0) is 29.8 Å². The molecule has 3 aromatic rings. The van der Waals surface area contributed by atoms with Gasteiger partial charge in [-0.15, -0.1) is 0 Å². The molecular formula is C17H15ClFN3O2. The Morgan fingerprint density at radius 3 is 2.83 bits per heavy atom. The van der Waals surface area contributed by atoms with Crippen molar-refractivity contribution in [2.75, 3.05) is 0 Å². The average Bonchev–Trinajstić information content (AvgIpc) is 3.21. The predicted octanol–water partition coefficient (Wildman–Crippen LogP) is 3.65. The molecule has 0 fully saturated rings. The van der Waals surface area contributed by atoms with Gasteiger partial charge in [-0.1, -0.05) is 17.7 Å². The molecule has 2 aromatic heterocycles. The molecule has 1 amide bonds. The first kappa shape index (κ1) is 16.3. The maximum Gasteiger partial charge on any atom is 0.290 e. The second kappa shape index (κ2) is 6.88. The molecule has 0 aliphatic heterocycles. The number of aryl methyl sites for hydroxylation is 1. The summed E-state index contributed by atoms with van der Waals surface area (Å²) in [6.07, 6.45) is 4.91. The quantitative estimate of drug-likeness (QED) is 0.708. The first-order valence-electron chi connectivity index (χ1n) is 7.27. The number of benzene rings is 1. The lowest BCUT2D eigenvalue weighted by atomic mass is 10.2. The lowest BCUT2D eigenvalue weighted by Crippen LogP contribution is -2.31. The largest absolute Gasteiger partial charge is 0.459 e. The Bertz CT molecular complexity index is 845. The summed E-state index contributed by atoms with van der Waals surface area (Å²) in [6, 6.07) is 7.36. The average molecular weight is 348 g/mol. The fourth-order valence-electron chi connectivity index (χ4n) is 2.33. The van der Waals surface area contributed by atoms with Gasteiger partial charge in [0.15, 0.2) is 5.76 Å². The molecule has 24 heavy (non-hydrogen) atoms. The van der Waals surface area contributed by atoms with Crippen molar-refractivity contribution >= 4 is 17.5 Å². The van der Waals surface area contributed by atoms with Crippen LogP contribution in [-0.4, -0.2) is 20.4 Å². The van der Waals surface area contributed by atoms with Gasteiger partial charge in [-0.25, -0.2) is 9.37 Å². The molecule has 0 aliphatic carbocycles. The maximum absolute atomic E-state index is 13.2. The van der Waals surface area contributed by atoms with E-state index >= 15 is 0 Å². The number of hydrogen-bond donors (Lipinski definition) is 0. The smallest absolute Gasteiger partial charge is 0.290 e. The third-order valence-electron chi connectivity index (χ3n) is 3.65. The van der Waals surface area contributed by atoms with Crippen LogP contribution in [0.5, 0.6) is 0 Å². The van der Waals surface area contributed by atoms with E-state index in [0.29, 0.717) is 11.4 Å². The van der Waals surface area contributed by atoms with Gasteiger partial charge in [-0.2, -0.15) is 0 Å². The number of amides is 1. The summed E-state index contributed by atoms with van der Waals surface area (Å²) in [6.45, 7) is 0.488. The highest BCUT2D eigenvalue weighted by Gasteiger charge is 2.21. The Balaban J connectivity index is 1.89. The third-order valence-corrected chi connectivity index (χ3v) is 4.00. The van der Waals surface area contributed by atoms with Gasteiger partial charge in [0.2, 0.25) is 0 Å². The van der Waals surface area contributed by atoms with Gasteiger partial charge < -0.3 is 13.9 Å². The molecule has 0 saturated carbocycles. The van der Waals surface area contributed by atoms with Crippen molar-refractivity contribution < 1.29 is 13.6 Å². The highest BCUT2D eigenvalue weighted by molar-refractivity contribution is 6.31. The van der Waals surface area contributed by atoms with E-state index in [0.717, 1.165) is 0 Å². The van der Waals surface area contributed by atoms with E-state index in [1.807, 2.05) is 11.6 Å². The van der Waals surface area contributed by atoms with E-state index in [2.05, 4.69) is 4.98 Å². The van der Waals surface area contributed by atoms with Crippen LogP contribution < -0.4 is 0 Å². The lowest BCUT2D eigenvalue weighted by Gasteiger charge is -2.22. The second-order valence-corrected chi connectivity index (χ2v) is 5.74. The molecule has 0 bridgehead atoms. The Kier molecular flexibility index (Phi) is 4.66. The molecule has 0 radical (unpaired) electrons. The van der Waals surface area contributed by atoms with Crippen molar-refractivity contribution in [2.24, 2.45) is 7.05 Å². The minimum Gasteiger partial charge on any atom is -0.459 e. The minimum absolute atomic E-state index is 0.214. The highest BCUT2D eigenvalue weighted by atomic mass is 35.5. The van der Waals surface area contributed by atoms with Gasteiger partial charge in [0.1, 0.15) is 11.6 Å². The van der Waals surface area contributed by atoms with Crippen LogP contribution in [0.15, 0.2) is 53.4 Å². The summed E-state index contributed by atoms with van der Waals surface area (Å²) >= 11 is 6.09. The molecule has 1 aromatic carbocycles. The van der Waals surface area contributed by atoms with E-state index in [1.165, 1.54) is 18.4 Å². The molecule has 0 spiro atoms. The summed E-state index contributed by atoms with van der Waals surface area (Å²) in [5.74, 6) is 0.232. The normalized spacial score (nSPS) is 10.8. The van der Waals surface area contributed by atoms with Crippen LogP contribution in [0.1, 0.15) is 21.9 Å². The maximum atomic E-state index is 13.2. The van der Waals surface area contributed by atoms with Crippen molar-refractivity contribution in [2.45, 2.75) is 13.1 Å². The van der Waals surface area contributed by atoms with Crippen LogP contribution in [0.2, 0.25) is 5.02 Å². The summed E-state index contributed by atoms with van der Waals surface area (Å²) in [5, 5.41) is 0.270. The van der Waals surface area contributed by atoms with Gasteiger partial charge >= 0.3 is 0 Å². The molecular weight excluding hydrogens is 333 g/mol. The minimum atomic E-state index is -0.420. The number of furan rings is 1. The third kappa shape index (κ3) is 3.49. The van der Waals surface area contributed by atoms with Crippen molar-refractivity contribution in [3.8, 4) is 0 Å². The van der Waals surface area contributed by atoms with Crippen molar-refractivity contribution in [1.29, 1.82) is 0 Å². The number of aromatic nitrogens is 2. The Morgan fingerprint density at radius 1 is 1.38 bits per heavy atom. The topological polar surface area (TPSA) is 51.3 Å². The molecule has 0 atom stereocenters. The molecule has 5 nitrogen and oxygen atoms in total. The van der Waals surface area contributed by atoms with E-state index in [1.54, 1.807) is 35.5 Å². The van der Waals surface area contributed by atoms with Crippen LogP contribution >= 0.6 is 11.6 Å². The zero-order valence-electron chi connectivity index (χ0n) is 12.9. The van der Waals surface area contributed by atoms with Crippen molar-refractivity contribution in [3.63, 3.8) is 0 Å².